The molecule has 1 saturated heterocycles. The first kappa shape index (κ1) is 16.8. The first-order valence-corrected chi connectivity index (χ1v) is 7.04. The number of carbonyl (C=O) groups is 3. The van der Waals surface area contributed by atoms with Crippen molar-refractivity contribution in [2.45, 2.75) is 13.0 Å². The third-order valence-electron chi connectivity index (χ3n) is 3.24. The van der Waals surface area contributed by atoms with Crippen LogP contribution in [0, 0.1) is 11.7 Å². The van der Waals surface area contributed by atoms with Crippen molar-refractivity contribution >= 4 is 24.1 Å². The van der Waals surface area contributed by atoms with Crippen LogP contribution in [0.25, 0.3) is 0 Å². The van der Waals surface area contributed by atoms with Crippen LogP contribution in [0.5, 0.6) is 0 Å². The minimum atomic E-state index is -1.19. The number of nitrogens with one attached hydrogen (secondary N) is 1. The molecular weight excluding hydrogens is 305 g/mol. The van der Waals surface area contributed by atoms with E-state index in [0.29, 0.717) is 12.0 Å². The van der Waals surface area contributed by atoms with Gasteiger partial charge in [-0.1, -0.05) is 12.1 Å². The molecule has 0 aromatic heterocycles. The molecule has 0 bridgehead atoms. The Labute approximate surface area is 131 Å². The van der Waals surface area contributed by atoms with Gasteiger partial charge in [0.25, 0.3) is 0 Å². The smallest absolute Gasteiger partial charge is 0.331 e. The van der Waals surface area contributed by atoms with Crippen LogP contribution in [0.4, 0.5) is 9.18 Å². The quantitative estimate of drug-likeness (QED) is 0.452. The van der Waals surface area contributed by atoms with Crippen molar-refractivity contribution in [1.29, 1.82) is 0 Å². The Morgan fingerprint density at radius 2 is 1.96 bits per heavy atom. The molecule has 1 aromatic rings. The van der Waals surface area contributed by atoms with E-state index in [4.69, 9.17) is 5.11 Å². The van der Waals surface area contributed by atoms with Gasteiger partial charge in [0.05, 0.1) is 6.54 Å². The van der Waals surface area contributed by atoms with Crippen LogP contribution in [0.15, 0.2) is 29.3 Å². The number of hydrogen-bond donors (Lipinski definition) is 2. The number of aliphatic imine (C=N–C) groups is 1. The van der Waals surface area contributed by atoms with Crippen molar-refractivity contribution in [2.75, 3.05) is 13.2 Å². The summed E-state index contributed by atoms with van der Waals surface area (Å²) in [4.78, 5) is 40.7. The van der Waals surface area contributed by atoms with Crippen LogP contribution in [0.2, 0.25) is 0 Å². The van der Waals surface area contributed by atoms with Crippen LogP contribution in [-0.2, 0) is 16.1 Å². The summed E-state index contributed by atoms with van der Waals surface area (Å²) in [6.07, 6.45) is 1.59. The molecule has 7 nitrogen and oxygen atoms in total. The van der Waals surface area contributed by atoms with Crippen molar-refractivity contribution in [3.63, 3.8) is 0 Å². The molecule has 0 unspecified atom stereocenters. The van der Waals surface area contributed by atoms with Gasteiger partial charge in [-0.2, -0.15) is 0 Å². The van der Waals surface area contributed by atoms with E-state index in [9.17, 15) is 18.8 Å². The monoisotopic (exact) mass is 321 g/mol. The number of carbonyl (C=O) groups excluding carboxylic acids is 3. The molecule has 0 radical (unpaired) electrons. The predicted octanol–water partition coefficient (Wildman–Crippen LogP) is 0.473. The van der Waals surface area contributed by atoms with Gasteiger partial charge < -0.3 is 5.11 Å². The van der Waals surface area contributed by atoms with Crippen LogP contribution >= 0.6 is 0 Å². The zero-order chi connectivity index (χ0) is 16.8. The lowest BCUT2D eigenvalue weighted by Gasteiger charge is -2.28. The van der Waals surface area contributed by atoms with Gasteiger partial charge in [-0.25, -0.2) is 9.18 Å². The van der Waals surface area contributed by atoms with Crippen LogP contribution in [-0.4, -0.2) is 47.2 Å². The zero-order valence-corrected chi connectivity index (χ0v) is 12.2. The number of nitrogens with zero attached hydrogens (tertiary/aromatic N) is 2. The van der Waals surface area contributed by atoms with Gasteiger partial charge in [0.2, 0.25) is 11.8 Å². The summed E-state index contributed by atoms with van der Waals surface area (Å²) in [5.74, 6) is -3.03. The number of aliphatic hydroxyl groups excluding tert-OH is 1. The van der Waals surface area contributed by atoms with Crippen molar-refractivity contribution in [1.82, 2.24) is 10.2 Å². The van der Waals surface area contributed by atoms with Gasteiger partial charge in [0.1, 0.15) is 5.82 Å². The molecule has 1 fully saturated rings. The molecule has 2 N–H and O–H groups in total. The van der Waals surface area contributed by atoms with E-state index in [1.54, 1.807) is 0 Å². The number of imide groups is 2. The van der Waals surface area contributed by atoms with Crippen LogP contribution < -0.4 is 5.32 Å². The van der Waals surface area contributed by atoms with Gasteiger partial charge >= 0.3 is 6.03 Å². The van der Waals surface area contributed by atoms with E-state index in [-0.39, 0.29) is 19.7 Å². The molecule has 0 saturated carbocycles. The summed E-state index contributed by atoms with van der Waals surface area (Å²) >= 11 is 0. The largest absolute Gasteiger partial charge is 0.396 e. The highest BCUT2D eigenvalue weighted by Crippen LogP contribution is 2.14. The van der Waals surface area contributed by atoms with Gasteiger partial charge in [-0.15, -0.1) is 0 Å². The summed E-state index contributed by atoms with van der Waals surface area (Å²) in [6, 6.07) is 4.54. The minimum Gasteiger partial charge on any atom is -0.396 e. The second-order valence-corrected chi connectivity index (χ2v) is 4.96. The SMILES string of the molecule is O=C1NC(=O)N(Cc2ccc(F)cc2)C(=O)[C@@H]1C=NCCCO. The summed E-state index contributed by atoms with van der Waals surface area (Å²) in [7, 11) is 0. The minimum absolute atomic E-state index is 0.0443. The number of hydrogen-bond acceptors (Lipinski definition) is 5. The lowest BCUT2D eigenvalue weighted by atomic mass is 10.1. The first-order chi connectivity index (χ1) is 11.0. The summed E-state index contributed by atoms with van der Waals surface area (Å²) in [6.45, 7) is 0.163. The van der Waals surface area contributed by atoms with Crippen molar-refractivity contribution in [2.24, 2.45) is 10.9 Å². The number of benzene rings is 1. The average molecular weight is 321 g/mol. The summed E-state index contributed by atoms with van der Waals surface area (Å²) < 4.78 is 12.9. The molecule has 1 aromatic carbocycles. The highest BCUT2D eigenvalue weighted by atomic mass is 19.1. The molecule has 2 rings (SSSR count). The maximum absolute atomic E-state index is 12.9. The highest BCUT2D eigenvalue weighted by Gasteiger charge is 2.39. The van der Waals surface area contributed by atoms with E-state index < -0.39 is 29.6 Å². The number of urea groups is 1. The third-order valence-corrected chi connectivity index (χ3v) is 3.24. The Bertz CT molecular complexity index is 630. The maximum Gasteiger partial charge on any atom is 0.331 e. The molecule has 4 amide bonds. The normalized spacial score (nSPS) is 18.6. The fourth-order valence-corrected chi connectivity index (χ4v) is 2.03. The van der Waals surface area contributed by atoms with E-state index in [2.05, 4.69) is 10.3 Å². The molecule has 0 aliphatic carbocycles. The van der Waals surface area contributed by atoms with Crippen molar-refractivity contribution < 1.29 is 23.9 Å². The molecule has 122 valence electrons. The highest BCUT2D eigenvalue weighted by molar-refractivity contribution is 6.23. The lowest BCUT2D eigenvalue weighted by Crippen LogP contribution is -2.57. The van der Waals surface area contributed by atoms with E-state index in [0.717, 1.165) is 4.90 Å². The van der Waals surface area contributed by atoms with Gasteiger partial charge in [-0.05, 0) is 24.1 Å². The standard InChI is InChI=1S/C15H16FN3O4/c16-11-4-2-10(3-5-11)9-19-14(22)12(8-17-6-1-7-20)13(21)18-15(19)23/h2-5,8,12,20H,1,6-7,9H2,(H,18,21,23)/t12-/m1/s1. The van der Waals surface area contributed by atoms with Crippen LogP contribution in [0.3, 0.4) is 0 Å². The molecule has 23 heavy (non-hydrogen) atoms. The Morgan fingerprint density at radius 1 is 1.26 bits per heavy atom. The number of amides is 4. The Hall–Kier alpha value is -2.61. The van der Waals surface area contributed by atoms with E-state index in [1.807, 2.05) is 0 Å². The topological polar surface area (TPSA) is 99.1 Å². The predicted molar refractivity (Wildman–Crippen MR) is 79.0 cm³/mol. The van der Waals surface area contributed by atoms with Gasteiger partial charge in [0.15, 0.2) is 5.92 Å². The lowest BCUT2D eigenvalue weighted by molar-refractivity contribution is -0.139. The molecule has 0 spiro atoms. The maximum atomic E-state index is 12.9. The third kappa shape index (κ3) is 4.19. The molecule has 1 heterocycles. The summed E-state index contributed by atoms with van der Waals surface area (Å²) in [5.41, 5.74) is 0.556. The van der Waals surface area contributed by atoms with Gasteiger partial charge in [-0.3, -0.25) is 24.8 Å². The first-order valence-electron chi connectivity index (χ1n) is 7.04. The zero-order valence-electron chi connectivity index (χ0n) is 12.2. The molecule has 1 aliphatic rings. The molecular formula is C15H16FN3O4. The van der Waals surface area contributed by atoms with Crippen molar-refractivity contribution in [3.05, 3.63) is 35.6 Å². The van der Waals surface area contributed by atoms with E-state index in [1.165, 1.54) is 30.5 Å². The van der Waals surface area contributed by atoms with Crippen LogP contribution in [0.1, 0.15) is 12.0 Å². The second-order valence-electron chi connectivity index (χ2n) is 4.96. The van der Waals surface area contributed by atoms with E-state index >= 15 is 0 Å². The average Bonchev–Trinajstić information content (AvgIpc) is 2.52. The number of barbiturate groups is 1. The Balaban J connectivity index is 2.10. The van der Waals surface area contributed by atoms with Gasteiger partial charge in [0, 0.05) is 19.4 Å². The Morgan fingerprint density at radius 3 is 2.61 bits per heavy atom. The number of rotatable bonds is 6. The number of aliphatic hydroxyl groups is 1. The van der Waals surface area contributed by atoms with Crippen molar-refractivity contribution in [3.8, 4) is 0 Å². The second kappa shape index (κ2) is 7.59. The fraction of sp³-hybridized carbons (Fsp3) is 0.333. The fourth-order valence-electron chi connectivity index (χ4n) is 2.03. The number of halogens is 1. The summed E-state index contributed by atoms with van der Waals surface area (Å²) in [5, 5.41) is 10.8. The molecule has 1 aliphatic heterocycles. The Kier molecular flexibility index (Phi) is 5.53. The molecule has 1 atom stereocenters. The molecule has 8 heteroatoms.